The standard InChI is InChI=1S/C12H9Cl3F5N3S/c1-11(24-10(16)17)22-8(15)9(21)23(11)7-5(13)2-4(3-6(7)14)12(18,19)20/h2-3,10,22H,21H2,1H3. The SMILES string of the molecule is CC1(SC(F)F)NC(Cl)=C(N)N1c1c(Cl)cc(C(F)(F)F)cc1Cl. The molecule has 134 valence electrons. The van der Waals surface area contributed by atoms with Crippen LogP contribution in [0.25, 0.3) is 0 Å². The number of rotatable bonds is 3. The Balaban J connectivity index is 2.60. The molecule has 0 spiro atoms. The van der Waals surface area contributed by atoms with E-state index in [2.05, 4.69) is 5.32 Å². The molecule has 1 heterocycles. The van der Waals surface area contributed by atoms with Gasteiger partial charge in [-0.3, -0.25) is 4.90 Å². The van der Waals surface area contributed by atoms with E-state index in [-0.39, 0.29) is 28.4 Å². The lowest BCUT2D eigenvalue weighted by molar-refractivity contribution is -0.137. The summed E-state index contributed by atoms with van der Waals surface area (Å²) in [6.07, 6.45) is -4.67. The molecular formula is C12H9Cl3F5N3S. The molecule has 0 fully saturated rings. The maximum absolute atomic E-state index is 12.9. The van der Waals surface area contributed by atoms with Gasteiger partial charge in [-0.2, -0.15) is 22.0 Å². The number of hydrogen-bond donors (Lipinski definition) is 2. The quantitative estimate of drug-likeness (QED) is 0.501. The molecule has 0 aliphatic carbocycles. The molecule has 12 heteroatoms. The van der Waals surface area contributed by atoms with Crippen molar-refractivity contribution in [1.29, 1.82) is 0 Å². The lowest BCUT2D eigenvalue weighted by Gasteiger charge is -2.37. The van der Waals surface area contributed by atoms with Gasteiger partial charge in [0, 0.05) is 0 Å². The number of nitrogens with one attached hydrogen (secondary N) is 1. The van der Waals surface area contributed by atoms with Crippen LogP contribution in [-0.4, -0.2) is 10.8 Å². The molecule has 0 radical (unpaired) electrons. The summed E-state index contributed by atoms with van der Waals surface area (Å²) in [6.45, 7) is 1.32. The van der Waals surface area contributed by atoms with Crippen molar-refractivity contribution in [1.82, 2.24) is 5.32 Å². The van der Waals surface area contributed by atoms with Crippen molar-refractivity contribution < 1.29 is 22.0 Å². The lowest BCUT2D eigenvalue weighted by atomic mass is 10.1. The Morgan fingerprint density at radius 1 is 1.21 bits per heavy atom. The minimum atomic E-state index is -4.67. The maximum atomic E-state index is 12.9. The van der Waals surface area contributed by atoms with E-state index in [1.807, 2.05) is 0 Å². The highest BCUT2D eigenvalue weighted by Crippen LogP contribution is 2.48. The van der Waals surface area contributed by atoms with E-state index in [0.29, 0.717) is 12.1 Å². The molecule has 1 aliphatic rings. The number of hydrogen-bond acceptors (Lipinski definition) is 4. The molecule has 0 saturated heterocycles. The third-order valence-corrected chi connectivity index (χ3v) is 4.91. The third-order valence-electron chi connectivity index (χ3n) is 3.12. The monoisotopic (exact) mass is 427 g/mol. The molecule has 2 rings (SSSR count). The van der Waals surface area contributed by atoms with Crippen molar-refractivity contribution in [3.05, 3.63) is 38.7 Å². The average Bonchev–Trinajstić information content (AvgIpc) is 2.59. The van der Waals surface area contributed by atoms with E-state index in [9.17, 15) is 22.0 Å². The van der Waals surface area contributed by atoms with Gasteiger partial charge in [0.2, 0.25) is 0 Å². The van der Waals surface area contributed by atoms with Crippen molar-refractivity contribution in [2.75, 3.05) is 4.90 Å². The highest BCUT2D eigenvalue weighted by atomic mass is 35.5. The van der Waals surface area contributed by atoms with Crippen LogP contribution in [0.5, 0.6) is 0 Å². The number of nitrogens with zero attached hydrogens (tertiary/aromatic N) is 1. The fourth-order valence-corrected chi connectivity index (χ4v) is 3.97. The molecule has 0 aromatic heterocycles. The van der Waals surface area contributed by atoms with Gasteiger partial charge in [-0.25, -0.2) is 0 Å². The molecule has 3 nitrogen and oxygen atoms in total. The van der Waals surface area contributed by atoms with Crippen molar-refractivity contribution in [2.24, 2.45) is 5.73 Å². The molecule has 1 aliphatic heterocycles. The van der Waals surface area contributed by atoms with Crippen LogP contribution in [0.15, 0.2) is 23.1 Å². The molecule has 1 aromatic carbocycles. The number of anilines is 1. The molecule has 1 aromatic rings. The average molecular weight is 429 g/mol. The topological polar surface area (TPSA) is 41.3 Å². The predicted molar refractivity (Wildman–Crippen MR) is 86.1 cm³/mol. The van der Waals surface area contributed by atoms with Crippen LogP contribution in [0.3, 0.4) is 0 Å². The van der Waals surface area contributed by atoms with Crippen LogP contribution in [-0.2, 0) is 6.18 Å². The van der Waals surface area contributed by atoms with Crippen LogP contribution in [0.4, 0.5) is 27.6 Å². The van der Waals surface area contributed by atoms with E-state index in [4.69, 9.17) is 40.5 Å². The highest BCUT2D eigenvalue weighted by Gasteiger charge is 2.46. The normalized spacial score (nSPS) is 21.7. The van der Waals surface area contributed by atoms with Crippen LogP contribution in [0.1, 0.15) is 12.5 Å². The van der Waals surface area contributed by atoms with Gasteiger partial charge in [0.1, 0.15) is 11.0 Å². The highest BCUT2D eigenvalue weighted by molar-refractivity contribution is 8.01. The van der Waals surface area contributed by atoms with E-state index in [1.54, 1.807) is 0 Å². The summed E-state index contributed by atoms with van der Waals surface area (Å²) in [5, 5.41) is 1.57. The molecule has 24 heavy (non-hydrogen) atoms. The molecule has 0 saturated carbocycles. The summed E-state index contributed by atoms with van der Waals surface area (Å²) in [4.78, 5) is -0.556. The van der Waals surface area contributed by atoms with Crippen LogP contribution in [0, 0.1) is 0 Å². The Hall–Kier alpha value is -0.770. The number of alkyl halides is 5. The first-order chi connectivity index (χ1) is 10.9. The summed E-state index contributed by atoms with van der Waals surface area (Å²) in [7, 11) is 0. The van der Waals surface area contributed by atoms with E-state index >= 15 is 0 Å². The molecule has 1 unspecified atom stereocenters. The summed E-state index contributed by atoms with van der Waals surface area (Å²) < 4.78 is 64.2. The molecule has 1 atom stereocenters. The fraction of sp³-hybridized carbons (Fsp3) is 0.333. The van der Waals surface area contributed by atoms with E-state index in [0.717, 1.165) is 4.90 Å². The van der Waals surface area contributed by atoms with Gasteiger partial charge in [0.05, 0.1) is 21.3 Å². The van der Waals surface area contributed by atoms with Crippen molar-refractivity contribution >= 4 is 52.3 Å². The second-order valence-corrected chi connectivity index (χ2v) is 7.39. The summed E-state index contributed by atoms with van der Waals surface area (Å²) in [6, 6.07) is 1.27. The zero-order valence-electron chi connectivity index (χ0n) is 11.7. The first kappa shape index (κ1) is 19.6. The zero-order valence-corrected chi connectivity index (χ0v) is 14.8. The summed E-state index contributed by atoms with van der Waals surface area (Å²) in [5.74, 6) is -3.02. The third kappa shape index (κ3) is 3.58. The van der Waals surface area contributed by atoms with Gasteiger partial charge in [0.25, 0.3) is 5.76 Å². The molecule has 3 N–H and O–H groups in total. The van der Waals surface area contributed by atoms with Crippen molar-refractivity contribution in [3.63, 3.8) is 0 Å². The number of thioether (sulfide) groups is 1. The molecular weight excluding hydrogens is 420 g/mol. The Bertz CT molecular complexity index is 674. The minimum absolute atomic E-state index is 0.138. The predicted octanol–water partition coefficient (Wildman–Crippen LogP) is 5.38. The number of benzene rings is 1. The van der Waals surface area contributed by atoms with Crippen molar-refractivity contribution in [3.8, 4) is 0 Å². The summed E-state index contributed by atoms with van der Waals surface area (Å²) >= 11 is 17.9. The van der Waals surface area contributed by atoms with Gasteiger partial charge in [-0.15, -0.1) is 0 Å². The van der Waals surface area contributed by atoms with Gasteiger partial charge < -0.3 is 11.1 Å². The zero-order chi connectivity index (χ0) is 18.4. The first-order valence-corrected chi connectivity index (χ1v) is 8.14. The second-order valence-electron chi connectivity index (χ2n) is 4.81. The molecule has 0 bridgehead atoms. The smallest absolute Gasteiger partial charge is 0.383 e. The van der Waals surface area contributed by atoms with Crippen LogP contribution >= 0.6 is 46.6 Å². The fourth-order valence-electron chi connectivity index (χ4n) is 2.18. The van der Waals surface area contributed by atoms with Crippen LogP contribution in [0.2, 0.25) is 10.0 Å². The minimum Gasteiger partial charge on any atom is -0.383 e. The van der Waals surface area contributed by atoms with Gasteiger partial charge in [-0.05, 0) is 30.8 Å². The Labute approximate surface area is 152 Å². The summed E-state index contributed by atoms with van der Waals surface area (Å²) in [5.41, 5.74) is 4.54. The van der Waals surface area contributed by atoms with Gasteiger partial charge in [-0.1, -0.05) is 34.8 Å². The van der Waals surface area contributed by atoms with Crippen molar-refractivity contribution in [2.45, 2.75) is 23.9 Å². The Morgan fingerprint density at radius 3 is 2.12 bits per heavy atom. The van der Waals surface area contributed by atoms with E-state index in [1.165, 1.54) is 6.92 Å². The lowest BCUT2D eigenvalue weighted by Crippen LogP contribution is -2.49. The van der Waals surface area contributed by atoms with Gasteiger partial charge >= 0.3 is 6.18 Å². The Morgan fingerprint density at radius 2 is 1.71 bits per heavy atom. The van der Waals surface area contributed by atoms with E-state index < -0.39 is 32.5 Å². The maximum Gasteiger partial charge on any atom is 0.416 e. The second kappa shape index (κ2) is 6.51. The Kier molecular flexibility index (Phi) is 5.30. The first-order valence-electron chi connectivity index (χ1n) is 6.12. The largest absolute Gasteiger partial charge is 0.416 e. The number of halogens is 8. The number of nitrogens with two attached hydrogens (primary N) is 1. The molecule has 0 amide bonds. The van der Waals surface area contributed by atoms with Crippen LogP contribution < -0.4 is 16.0 Å². The van der Waals surface area contributed by atoms with Gasteiger partial charge in [0.15, 0.2) is 4.99 Å².